The Hall–Kier alpha value is -0.120. The lowest BCUT2D eigenvalue weighted by Crippen LogP contribution is -2.36. The molecule has 0 saturated carbocycles. The maximum Gasteiger partial charge on any atom is 0.0897 e. The molecule has 0 bridgehead atoms. The standard InChI is InChI=1S/C18H39NO2/c1-5-6-7-8-9-10-13-21-15-18(20)14-19-17(4)12-11-16(2)3/h16-20H,5-15H2,1-4H3. The molecule has 0 saturated heterocycles. The molecule has 0 aromatic heterocycles. The Balaban J connectivity index is 3.32. The highest BCUT2D eigenvalue weighted by molar-refractivity contribution is 4.66. The maximum atomic E-state index is 9.86. The summed E-state index contributed by atoms with van der Waals surface area (Å²) in [5.74, 6) is 0.750. The van der Waals surface area contributed by atoms with Gasteiger partial charge in [-0.3, -0.25) is 0 Å². The van der Waals surface area contributed by atoms with Crippen LogP contribution >= 0.6 is 0 Å². The first-order chi connectivity index (χ1) is 10.1. The number of rotatable bonds is 15. The summed E-state index contributed by atoms with van der Waals surface area (Å²) in [7, 11) is 0. The predicted octanol–water partition coefficient (Wildman–Crippen LogP) is 4.14. The molecule has 2 atom stereocenters. The number of nitrogens with one attached hydrogen (secondary N) is 1. The first kappa shape index (κ1) is 20.9. The van der Waals surface area contributed by atoms with Gasteiger partial charge in [0.05, 0.1) is 12.7 Å². The molecule has 0 aliphatic carbocycles. The highest BCUT2D eigenvalue weighted by atomic mass is 16.5. The van der Waals surface area contributed by atoms with E-state index in [1.165, 1.54) is 44.9 Å². The van der Waals surface area contributed by atoms with Crippen molar-refractivity contribution in [3.05, 3.63) is 0 Å². The topological polar surface area (TPSA) is 41.5 Å². The van der Waals surface area contributed by atoms with E-state index in [-0.39, 0.29) is 6.10 Å². The fraction of sp³-hybridized carbons (Fsp3) is 1.00. The zero-order valence-corrected chi connectivity index (χ0v) is 14.9. The minimum absolute atomic E-state index is 0.383. The largest absolute Gasteiger partial charge is 0.389 e. The van der Waals surface area contributed by atoms with Crippen LogP contribution in [0.5, 0.6) is 0 Å². The Kier molecular flexibility index (Phi) is 14.7. The van der Waals surface area contributed by atoms with Gasteiger partial charge in [0.25, 0.3) is 0 Å². The van der Waals surface area contributed by atoms with E-state index in [4.69, 9.17) is 4.74 Å². The molecule has 3 heteroatoms. The van der Waals surface area contributed by atoms with Gasteiger partial charge in [-0.05, 0) is 32.1 Å². The van der Waals surface area contributed by atoms with Crippen molar-refractivity contribution in [3.8, 4) is 0 Å². The van der Waals surface area contributed by atoms with E-state index < -0.39 is 0 Å². The van der Waals surface area contributed by atoms with Crippen LogP contribution in [0.15, 0.2) is 0 Å². The Bertz CT molecular complexity index is 209. The maximum absolute atomic E-state index is 9.86. The first-order valence-corrected chi connectivity index (χ1v) is 9.05. The van der Waals surface area contributed by atoms with Crippen LogP contribution < -0.4 is 5.32 Å². The number of ether oxygens (including phenoxy) is 1. The van der Waals surface area contributed by atoms with Crippen LogP contribution in [-0.2, 0) is 4.74 Å². The Morgan fingerprint density at radius 2 is 1.62 bits per heavy atom. The molecule has 0 amide bonds. The molecule has 3 nitrogen and oxygen atoms in total. The van der Waals surface area contributed by atoms with Gasteiger partial charge in [-0.25, -0.2) is 0 Å². The van der Waals surface area contributed by atoms with Crippen LogP contribution in [0.3, 0.4) is 0 Å². The number of aliphatic hydroxyl groups is 1. The summed E-state index contributed by atoms with van der Waals surface area (Å²) >= 11 is 0. The third-order valence-electron chi connectivity index (χ3n) is 3.83. The summed E-state index contributed by atoms with van der Waals surface area (Å²) in [6.45, 7) is 10.8. The van der Waals surface area contributed by atoms with Crippen molar-refractivity contribution in [1.29, 1.82) is 0 Å². The molecule has 2 N–H and O–H groups in total. The number of aliphatic hydroxyl groups excluding tert-OH is 1. The van der Waals surface area contributed by atoms with E-state index in [1.807, 2.05) is 0 Å². The molecule has 0 fully saturated rings. The Morgan fingerprint density at radius 3 is 2.29 bits per heavy atom. The summed E-state index contributed by atoms with van der Waals surface area (Å²) < 4.78 is 5.54. The minimum Gasteiger partial charge on any atom is -0.389 e. The van der Waals surface area contributed by atoms with Crippen molar-refractivity contribution < 1.29 is 9.84 Å². The van der Waals surface area contributed by atoms with Gasteiger partial charge in [-0.1, -0.05) is 52.9 Å². The minimum atomic E-state index is -0.383. The first-order valence-electron chi connectivity index (χ1n) is 9.05. The van der Waals surface area contributed by atoms with Gasteiger partial charge in [0, 0.05) is 19.2 Å². The second-order valence-electron chi connectivity index (χ2n) is 6.78. The third-order valence-corrected chi connectivity index (χ3v) is 3.83. The average molecular weight is 302 g/mol. The summed E-state index contributed by atoms with van der Waals surface area (Å²) in [6, 6.07) is 0.473. The van der Waals surface area contributed by atoms with Crippen molar-refractivity contribution in [3.63, 3.8) is 0 Å². The third kappa shape index (κ3) is 16.1. The van der Waals surface area contributed by atoms with Crippen LogP contribution in [0.2, 0.25) is 0 Å². The summed E-state index contributed by atoms with van der Waals surface area (Å²) in [5, 5.41) is 13.2. The van der Waals surface area contributed by atoms with Gasteiger partial charge in [-0.15, -0.1) is 0 Å². The summed E-state index contributed by atoms with van der Waals surface area (Å²) in [5.41, 5.74) is 0. The summed E-state index contributed by atoms with van der Waals surface area (Å²) in [6.07, 6.45) is 9.70. The molecule has 2 unspecified atom stereocenters. The monoisotopic (exact) mass is 301 g/mol. The van der Waals surface area contributed by atoms with Crippen molar-refractivity contribution in [1.82, 2.24) is 5.32 Å². The fourth-order valence-corrected chi connectivity index (χ4v) is 2.29. The lowest BCUT2D eigenvalue weighted by molar-refractivity contribution is 0.0341. The van der Waals surface area contributed by atoms with Crippen LogP contribution in [0.25, 0.3) is 0 Å². The number of hydrogen-bond acceptors (Lipinski definition) is 3. The predicted molar refractivity (Wildman–Crippen MR) is 91.7 cm³/mol. The van der Waals surface area contributed by atoms with E-state index in [1.54, 1.807) is 0 Å². The van der Waals surface area contributed by atoms with E-state index in [0.717, 1.165) is 18.9 Å². The molecule has 0 rings (SSSR count). The second-order valence-corrected chi connectivity index (χ2v) is 6.78. The van der Waals surface area contributed by atoms with E-state index in [2.05, 4.69) is 33.0 Å². The van der Waals surface area contributed by atoms with Gasteiger partial charge >= 0.3 is 0 Å². The van der Waals surface area contributed by atoms with Gasteiger partial charge < -0.3 is 15.2 Å². The molecule has 0 aliphatic rings. The van der Waals surface area contributed by atoms with Gasteiger partial charge in [0.2, 0.25) is 0 Å². The SMILES string of the molecule is CCCCCCCCOCC(O)CNC(C)CCC(C)C. The van der Waals surface area contributed by atoms with Gasteiger partial charge in [0.15, 0.2) is 0 Å². The number of unbranched alkanes of at least 4 members (excludes halogenated alkanes) is 5. The fourth-order valence-electron chi connectivity index (χ4n) is 2.29. The lowest BCUT2D eigenvalue weighted by Gasteiger charge is -2.18. The second kappa shape index (κ2) is 14.8. The van der Waals surface area contributed by atoms with Crippen molar-refractivity contribution >= 4 is 0 Å². The average Bonchev–Trinajstić information content (AvgIpc) is 2.45. The quantitative estimate of drug-likeness (QED) is 0.447. The number of hydrogen-bond donors (Lipinski definition) is 2. The van der Waals surface area contributed by atoms with E-state index in [9.17, 15) is 5.11 Å². The molecule has 0 aromatic rings. The molecule has 0 aromatic carbocycles. The highest BCUT2D eigenvalue weighted by Crippen LogP contribution is 2.06. The van der Waals surface area contributed by atoms with Crippen LogP contribution in [0.1, 0.15) is 79.1 Å². The smallest absolute Gasteiger partial charge is 0.0897 e. The Morgan fingerprint density at radius 1 is 0.952 bits per heavy atom. The zero-order chi connectivity index (χ0) is 15.9. The molecule has 0 heterocycles. The van der Waals surface area contributed by atoms with Gasteiger partial charge in [-0.2, -0.15) is 0 Å². The molecular weight excluding hydrogens is 262 g/mol. The molecule has 21 heavy (non-hydrogen) atoms. The molecule has 128 valence electrons. The van der Waals surface area contributed by atoms with Crippen LogP contribution in [-0.4, -0.2) is 37.0 Å². The lowest BCUT2D eigenvalue weighted by atomic mass is 10.0. The van der Waals surface area contributed by atoms with E-state index in [0.29, 0.717) is 19.2 Å². The van der Waals surface area contributed by atoms with Crippen molar-refractivity contribution in [2.75, 3.05) is 19.8 Å². The van der Waals surface area contributed by atoms with Crippen LogP contribution in [0.4, 0.5) is 0 Å². The normalized spacial score (nSPS) is 14.6. The summed E-state index contributed by atoms with van der Waals surface area (Å²) in [4.78, 5) is 0. The molecule has 0 spiro atoms. The zero-order valence-electron chi connectivity index (χ0n) is 14.9. The molecular formula is C18H39NO2. The van der Waals surface area contributed by atoms with Crippen molar-refractivity contribution in [2.45, 2.75) is 91.2 Å². The van der Waals surface area contributed by atoms with E-state index >= 15 is 0 Å². The molecule has 0 radical (unpaired) electrons. The van der Waals surface area contributed by atoms with Crippen molar-refractivity contribution in [2.24, 2.45) is 5.92 Å². The highest BCUT2D eigenvalue weighted by Gasteiger charge is 2.08. The molecule has 0 aliphatic heterocycles. The van der Waals surface area contributed by atoms with Crippen LogP contribution in [0, 0.1) is 5.92 Å². The Labute approximate surface area is 132 Å². The van der Waals surface area contributed by atoms with Gasteiger partial charge in [0.1, 0.15) is 0 Å².